The molecule has 1 fully saturated rings. The third-order valence-corrected chi connectivity index (χ3v) is 7.48. The Morgan fingerprint density at radius 3 is 2.89 bits per heavy atom. The Morgan fingerprint density at radius 1 is 1.25 bits per heavy atom. The molecular weight excluding hydrogens is 488 g/mol. The molecule has 4 rings (SSSR count). The maximum atomic E-state index is 13.6. The molecule has 1 aromatic carbocycles. The van der Waals surface area contributed by atoms with Gasteiger partial charge in [-0.15, -0.1) is 0 Å². The molecule has 0 bridgehead atoms. The molecule has 3 heterocycles. The number of piperidine rings is 1. The van der Waals surface area contributed by atoms with Gasteiger partial charge in [0.05, 0.1) is 4.90 Å². The van der Waals surface area contributed by atoms with Crippen LogP contribution in [0.3, 0.4) is 0 Å². The Labute approximate surface area is 208 Å². The van der Waals surface area contributed by atoms with Crippen LogP contribution in [0, 0.1) is 0 Å². The molecule has 36 heavy (non-hydrogen) atoms. The van der Waals surface area contributed by atoms with Crippen molar-refractivity contribution < 1.29 is 27.9 Å². The first-order valence-corrected chi connectivity index (χ1v) is 13.1. The van der Waals surface area contributed by atoms with Gasteiger partial charge in [-0.2, -0.15) is 4.72 Å². The number of aromatic amines is 1. The van der Waals surface area contributed by atoms with Gasteiger partial charge in [-0.3, -0.25) is 9.78 Å². The van der Waals surface area contributed by atoms with E-state index in [4.69, 9.17) is 9.84 Å². The molecule has 12 nitrogen and oxygen atoms in total. The summed E-state index contributed by atoms with van der Waals surface area (Å²) in [4.78, 5) is 37.1. The minimum Gasteiger partial charge on any atom is -0.450 e. The van der Waals surface area contributed by atoms with Crippen LogP contribution < -0.4 is 10.0 Å². The van der Waals surface area contributed by atoms with Crippen molar-refractivity contribution in [1.29, 1.82) is 0 Å². The number of H-pyrrole nitrogens is 1. The van der Waals surface area contributed by atoms with Gasteiger partial charge in [0.2, 0.25) is 15.9 Å². The SMILES string of the molecule is O=C(O)O[C@@H]1CCCCN1C(=O)[C@H](CCCNc1ncc[nH]1)NS(=O)(=O)c1cccc2cnccc12. The molecule has 2 atom stereocenters. The fraction of sp³-hybridized carbons (Fsp3) is 0.391. The number of imidazole rings is 1. The van der Waals surface area contributed by atoms with E-state index in [0.717, 1.165) is 0 Å². The molecular formula is C23H28N6O6S. The lowest BCUT2D eigenvalue weighted by atomic mass is 10.1. The second-order valence-electron chi connectivity index (χ2n) is 8.40. The molecule has 0 aliphatic carbocycles. The number of ether oxygens (including phenoxy) is 1. The van der Waals surface area contributed by atoms with E-state index in [9.17, 15) is 18.0 Å². The van der Waals surface area contributed by atoms with Gasteiger partial charge in [0, 0.05) is 55.1 Å². The van der Waals surface area contributed by atoms with Gasteiger partial charge >= 0.3 is 6.16 Å². The number of hydrogen-bond acceptors (Lipinski definition) is 8. The number of fused-ring (bicyclic) bond motifs is 1. The van der Waals surface area contributed by atoms with Crippen LogP contribution in [0.1, 0.15) is 32.1 Å². The summed E-state index contributed by atoms with van der Waals surface area (Å²) in [5.41, 5.74) is 0. The van der Waals surface area contributed by atoms with Gasteiger partial charge in [-0.1, -0.05) is 12.1 Å². The predicted octanol–water partition coefficient (Wildman–Crippen LogP) is 2.53. The number of carbonyl (C=O) groups excluding carboxylic acids is 1. The third-order valence-electron chi connectivity index (χ3n) is 5.95. The minimum atomic E-state index is -4.11. The van der Waals surface area contributed by atoms with Crippen molar-refractivity contribution in [2.75, 3.05) is 18.4 Å². The lowest BCUT2D eigenvalue weighted by Gasteiger charge is -2.36. The Balaban J connectivity index is 1.56. The zero-order chi connectivity index (χ0) is 25.5. The second-order valence-corrected chi connectivity index (χ2v) is 10.1. The molecule has 1 aliphatic heterocycles. The van der Waals surface area contributed by atoms with Crippen molar-refractivity contribution in [3.05, 3.63) is 49.1 Å². The van der Waals surface area contributed by atoms with Gasteiger partial charge in [0.25, 0.3) is 0 Å². The first-order chi connectivity index (χ1) is 17.3. The number of anilines is 1. The molecule has 0 unspecified atom stereocenters. The molecule has 192 valence electrons. The fourth-order valence-corrected chi connectivity index (χ4v) is 5.73. The number of carboxylic acid groups (broad SMARTS) is 1. The molecule has 13 heteroatoms. The largest absolute Gasteiger partial charge is 0.507 e. The fourth-order valence-electron chi connectivity index (χ4n) is 4.28. The van der Waals surface area contributed by atoms with Crippen LogP contribution in [0.2, 0.25) is 0 Å². The second kappa shape index (κ2) is 11.4. The van der Waals surface area contributed by atoms with Gasteiger partial charge in [-0.25, -0.2) is 18.2 Å². The average molecular weight is 517 g/mol. The highest BCUT2D eigenvalue weighted by atomic mass is 32.2. The van der Waals surface area contributed by atoms with Crippen LogP contribution in [0.15, 0.2) is 53.9 Å². The Bertz CT molecular complexity index is 1290. The summed E-state index contributed by atoms with van der Waals surface area (Å²) in [6.07, 6.45) is 6.24. The number of carbonyl (C=O) groups is 2. The molecule has 1 aliphatic rings. The normalized spacial score (nSPS) is 17.0. The first kappa shape index (κ1) is 25.4. The minimum absolute atomic E-state index is 0.0332. The summed E-state index contributed by atoms with van der Waals surface area (Å²) in [6, 6.07) is 5.33. The van der Waals surface area contributed by atoms with E-state index < -0.39 is 34.4 Å². The molecule has 0 spiro atoms. The quantitative estimate of drug-likeness (QED) is 0.234. The van der Waals surface area contributed by atoms with Crippen LogP contribution in [0.25, 0.3) is 10.8 Å². The number of pyridine rings is 1. The number of rotatable bonds is 10. The predicted molar refractivity (Wildman–Crippen MR) is 131 cm³/mol. The number of amides is 1. The third kappa shape index (κ3) is 6.10. The number of likely N-dealkylation sites (tertiary alicyclic amines) is 1. The van der Waals surface area contributed by atoms with E-state index in [1.54, 1.807) is 36.8 Å². The number of benzene rings is 1. The van der Waals surface area contributed by atoms with E-state index >= 15 is 0 Å². The maximum absolute atomic E-state index is 13.6. The van der Waals surface area contributed by atoms with Crippen molar-refractivity contribution in [3.63, 3.8) is 0 Å². The van der Waals surface area contributed by atoms with Gasteiger partial charge in [-0.05, 0) is 37.8 Å². The van der Waals surface area contributed by atoms with Crippen LogP contribution >= 0.6 is 0 Å². The Morgan fingerprint density at radius 2 is 2.11 bits per heavy atom. The number of sulfonamides is 1. The number of nitrogens with one attached hydrogen (secondary N) is 3. The topological polar surface area (TPSA) is 167 Å². The summed E-state index contributed by atoms with van der Waals surface area (Å²) in [6.45, 7) is 0.716. The molecule has 1 amide bonds. The lowest BCUT2D eigenvalue weighted by Crippen LogP contribution is -2.54. The summed E-state index contributed by atoms with van der Waals surface area (Å²) < 4.78 is 34.4. The lowest BCUT2D eigenvalue weighted by molar-refractivity contribution is -0.147. The first-order valence-electron chi connectivity index (χ1n) is 11.6. The van der Waals surface area contributed by atoms with E-state index in [1.165, 1.54) is 17.2 Å². The summed E-state index contributed by atoms with van der Waals surface area (Å²) in [7, 11) is -4.11. The molecule has 0 radical (unpaired) electrons. The van der Waals surface area contributed by atoms with Gasteiger partial charge < -0.3 is 25.0 Å². The molecule has 2 aromatic heterocycles. The highest BCUT2D eigenvalue weighted by Gasteiger charge is 2.36. The zero-order valence-electron chi connectivity index (χ0n) is 19.5. The number of aromatic nitrogens is 3. The molecule has 3 aromatic rings. The van der Waals surface area contributed by atoms with Crippen LogP contribution in [0.4, 0.5) is 10.7 Å². The van der Waals surface area contributed by atoms with Crippen molar-refractivity contribution in [2.45, 2.75) is 49.3 Å². The average Bonchev–Trinajstić information content (AvgIpc) is 3.38. The highest BCUT2D eigenvalue weighted by molar-refractivity contribution is 7.89. The zero-order valence-corrected chi connectivity index (χ0v) is 20.3. The van der Waals surface area contributed by atoms with Crippen LogP contribution in [-0.2, 0) is 19.6 Å². The van der Waals surface area contributed by atoms with Crippen molar-refractivity contribution in [3.8, 4) is 0 Å². The van der Waals surface area contributed by atoms with E-state index in [0.29, 0.717) is 48.9 Å². The standard InChI is InChI=1S/C23H28N6O6S/c30-21(29-14-2-1-8-20(29)35-23(31)32)18(6-4-10-25-22-26-12-13-27-22)28-36(33,34)19-7-3-5-16-15-24-11-9-17(16)19/h3,5,7,9,11-13,15,18,20,28H,1-2,4,6,8,10,14H2,(H,31,32)(H2,25,26,27)/t18-,20+/m0/s1. The van der Waals surface area contributed by atoms with Crippen LogP contribution in [0.5, 0.6) is 0 Å². The smallest absolute Gasteiger partial charge is 0.450 e. The van der Waals surface area contributed by atoms with Crippen molar-refractivity contribution in [2.24, 2.45) is 0 Å². The van der Waals surface area contributed by atoms with Crippen LogP contribution in [-0.4, -0.2) is 70.8 Å². The Hall–Kier alpha value is -3.71. The van der Waals surface area contributed by atoms with E-state index in [-0.39, 0.29) is 17.9 Å². The summed E-state index contributed by atoms with van der Waals surface area (Å²) in [5, 5.41) is 13.3. The summed E-state index contributed by atoms with van der Waals surface area (Å²) in [5.74, 6) is 0.0400. The summed E-state index contributed by atoms with van der Waals surface area (Å²) >= 11 is 0. The number of nitrogens with zero attached hydrogens (tertiary/aromatic N) is 3. The Kier molecular flexibility index (Phi) is 8.00. The van der Waals surface area contributed by atoms with Crippen molar-refractivity contribution in [1.82, 2.24) is 24.6 Å². The van der Waals surface area contributed by atoms with Gasteiger partial charge in [0.1, 0.15) is 6.04 Å². The van der Waals surface area contributed by atoms with E-state index in [2.05, 4.69) is 25.0 Å². The van der Waals surface area contributed by atoms with Gasteiger partial charge in [0.15, 0.2) is 12.2 Å². The monoisotopic (exact) mass is 516 g/mol. The highest BCUT2D eigenvalue weighted by Crippen LogP contribution is 2.24. The molecule has 1 saturated heterocycles. The molecule has 0 saturated carbocycles. The van der Waals surface area contributed by atoms with E-state index in [1.807, 2.05) is 0 Å². The maximum Gasteiger partial charge on any atom is 0.507 e. The molecule has 4 N–H and O–H groups in total. The van der Waals surface area contributed by atoms with Crippen molar-refractivity contribution >= 4 is 38.8 Å². The number of hydrogen-bond donors (Lipinski definition) is 4.